The Morgan fingerprint density at radius 3 is 1.55 bits per heavy atom. The Balaban J connectivity index is 2.04. The fourth-order valence-electron chi connectivity index (χ4n) is 3.95. The standard InChI is InChI=1S/C19H33NO2/c1-16-18(17(2)22-20-16)19(21)14-12-10-8-6-4-3-5-7-9-11-13-15-19/h21H,3-15H2,1-2H3. The number of rotatable bonds is 1. The van der Waals surface area contributed by atoms with Crippen LogP contribution in [0.1, 0.15) is 100 Å². The lowest BCUT2D eigenvalue weighted by atomic mass is 9.82. The largest absolute Gasteiger partial charge is 0.385 e. The molecule has 22 heavy (non-hydrogen) atoms. The highest BCUT2D eigenvalue weighted by Crippen LogP contribution is 2.37. The van der Waals surface area contributed by atoms with Crippen molar-refractivity contribution >= 4 is 0 Å². The van der Waals surface area contributed by atoms with Crippen LogP contribution in [0.3, 0.4) is 0 Å². The molecule has 3 nitrogen and oxygen atoms in total. The molecule has 1 aromatic rings. The monoisotopic (exact) mass is 307 g/mol. The van der Waals surface area contributed by atoms with E-state index in [4.69, 9.17) is 4.52 Å². The first-order chi connectivity index (χ1) is 10.6. The minimum absolute atomic E-state index is 0.738. The summed E-state index contributed by atoms with van der Waals surface area (Å²) in [7, 11) is 0. The number of aliphatic hydroxyl groups is 1. The Kier molecular flexibility index (Phi) is 6.94. The van der Waals surface area contributed by atoms with Crippen LogP contribution in [0.5, 0.6) is 0 Å². The van der Waals surface area contributed by atoms with E-state index in [9.17, 15) is 5.11 Å². The lowest BCUT2D eigenvalue weighted by Gasteiger charge is -2.28. The van der Waals surface area contributed by atoms with E-state index in [2.05, 4.69) is 5.16 Å². The predicted molar refractivity (Wildman–Crippen MR) is 89.9 cm³/mol. The van der Waals surface area contributed by atoms with Crippen molar-refractivity contribution in [2.75, 3.05) is 0 Å². The molecule has 1 aliphatic carbocycles. The summed E-state index contributed by atoms with van der Waals surface area (Å²) in [6, 6.07) is 0. The first-order valence-corrected chi connectivity index (χ1v) is 9.29. The molecule has 0 aliphatic heterocycles. The SMILES string of the molecule is Cc1noc(C)c1C1(O)CCCCCCCCCCCCC1. The number of hydrogen-bond donors (Lipinski definition) is 1. The second-order valence-electron chi connectivity index (χ2n) is 7.12. The third kappa shape index (κ3) is 4.84. The van der Waals surface area contributed by atoms with Gasteiger partial charge in [-0.25, -0.2) is 0 Å². The van der Waals surface area contributed by atoms with Gasteiger partial charge in [0.2, 0.25) is 0 Å². The van der Waals surface area contributed by atoms with Crippen LogP contribution in [-0.2, 0) is 5.60 Å². The molecule has 0 aromatic carbocycles. The summed E-state index contributed by atoms with van der Waals surface area (Å²) in [5.41, 5.74) is 1.08. The predicted octanol–water partition coefficient (Wildman–Crippen LogP) is 5.56. The smallest absolute Gasteiger partial charge is 0.140 e. The van der Waals surface area contributed by atoms with Gasteiger partial charge in [-0.05, 0) is 26.7 Å². The van der Waals surface area contributed by atoms with Crippen molar-refractivity contribution < 1.29 is 9.63 Å². The maximum absolute atomic E-state index is 11.3. The topological polar surface area (TPSA) is 46.3 Å². The quantitative estimate of drug-likeness (QED) is 0.738. The van der Waals surface area contributed by atoms with E-state index in [1.165, 1.54) is 57.8 Å². The average molecular weight is 307 g/mol. The average Bonchev–Trinajstić information content (AvgIpc) is 2.83. The van der Waals surface area contributed by atoms with Gasteiger partial charge in [-0.3, -0.25) is 0 Å². The second kappa shape index (κ2) is 8.71. The fraction of sp³-hybridized carbons (Fsp3) is 0.842. The van der Waals surface area contributed by atoms with Crippen molar-refractivity contribution in [3.05, 3.63) is 17.0 Å². The number of hydrogen-bond acceptors (Lipinski definition) is 3. The van der Waals surface area contributed by atoms with Gasteiger partial charge in [0.1, 0.15) is 5.76 Å². The second-order valence-corrected chi connectivity index (χ2v) is 7.12. The highest BCUT2D eigenvalue weighted by molar-refractivity contribution is 5.28. The Morgan fingerprint density at radius 2 is 1.18 bits per heavy atom. The van der Waals surface area contributed by atoms with Gasteiger partial charge in [-0.1, -0.05) is 75.8 Å². The first-order valence-electron chi connectivity index (χ1n) is 9.29. The Labute approximate surface area is 135 Å². The minimum atomic E-state index is -0.738. The van der Waals surface area contributed by atoms with Crippen molar-refractivity contribution in [3.63, 3.8) is 0 Å². The fourth-order valence-corrected chi connectivity index (χ4v) is 3.95. The van der Waals surface area contributed by atoms with Gasteiger partial charge in [-0.2, -0.15) is 0 Å². The molecule has 1 aliphatic rings. The molecule has 0 saturated heterocycles. The Hall–Kier alpha value is -0.830. The molecule has 0 spiro atoms. The Morgan fingerprint density at radius 1 is 0.773 bits per heavy atom. The van der Waals surface area contributed by atoms with E-state index >= 15 is 0 Å². The zero-order valence-electron chi connectivity index (χ0n) is 14.5. The number of nitrogens with zero attached hydrogens (tertiary/aromatic N) is 1. The van der Waals surface area contributed by atoms with E-state index in [0.29, 0.717) is 0 Å². The molecule has 0 bridgehead atoms. The van der Waals surface area contributed by atoms with Gasteiger partial charge in [0.15, 0.2) is 0 Å². The summed E-state index contributed by atoms with van der Waals surface area (Å²) in [5.74, 6) is 0.793. The summed E-state index contributed by atoms with van der Waals surface area (Å²) in [6.45, 7) is 3.88. The minimum Gasteiger partial charge on any atom is -0.385 e. The molecule has 3 heteroatoms. The molecule has 126 valence electrons. The number of aromatic nitrogens is 1. The summed E-state index contributed by atoms with van der Waals surface area (Å²) in [4.78, 5) is 0. The lowest BCUT2D eigenvalue weighted by molar-refractivity contribution is 0.0114. The van der Waals surface area contributed by atoms with Crippen molar-refractivity contribution in [1.29, 1.82) is 0 Å². The molecule has 0 unspecified atom stereocenters. The highest BCUT2D eigenvalue weighted by atomic mass is 16.5. The van der Waals surface area contributed by atoms with Gasteiger partial charge in [0.05, 0.1) is 11.3 Å². The third-order valence-electron chi connectivity index (χ3n) is 5.18. The van der Waals surface area contributed by atoms with E-state index in [-0.39, 0.29) is 0 Å². The first kappa shape index (κ1) is 17.5. The van der Waals surface area contributed by atoms with Gasteiger partial charge in [0.25, 0.3) is 0 Å². The van der Waals surface area contributed by atoms with Gasteiger partial charge < -0.3 is 9.63 Å². The zero-order chi connectivity index (χ0) is 15.8. The van der Waals surface area contributed by atoms with E-state index in [0.717, 1.165) is 42.7 Å². The third-order valence-corrected chi connectivity index (χ3v) is 5.18. The van der Waals surface area contributed by atoms with Crippen LogP contribution >= 0.6 is 0 Å². The Bertz CT molecular complexity index is 405. The molecule has 1 heterocycles. The van der Waals surface area contributed by atoms with Gasteiger partial charge >= 0.3 is 0 Å². The van der Waals surface area contributed by atoms with Crippen LogP contribution in [0.25, 0.3) is 0 Å². The van der Waals surface area contributed by atoms with Gasteiger partial charge in [0, 0.05) is 5.56 Å². The van der Waals surface area contributed by atoms with Crippen LogP contribution in [0, 0.1) is 13.8 Å². The molecule has 0 amide bonds. The maximum Gasteiger partial charge on any atom is 0.140 e. The van der Waals surface area contributed by atoms with Crippen molar-refractivity contribution in [2.45, 2.75) is 103 Å². The normalized spacial score (nSPS) is 22.1. The van der Waals surface area contributed by atoms with Crippen LogP contribution in [0.15, 0.2) is 4.52 Å². The van der Waals surface area contributed by atoms with Crippen molar-refractivity contribution in [1.82, 2.24) is 5.16 Å². The maximum atomic E-state index is 11.3. The van der Waals surface area contributed by atoms with Crippen LogP contribution < -0.4 is 0 Å². The van der Waals surface area contributed by atoms with Crippen molar-refractivity contribution in [3.8, 4) is 0 Å². The molecule has 1 N–H and O–H groups in total. The summed E-state index contributed by atoms with van der Waals surface area (Å²) >= 11 is 0. The molecule has 1 fully saturated rings. The van der Waals surface area contributed by atoms with E-state index < -0.39 is 5.60 Å². The molecule has 0 atom stereocenters. The molecule has 1 aromatic heterocycles. The molecule has 2 rings (SSSR count). The van der Waals surface area contributed by atoms with Crippen LogP contribution in [0.4, 0.5) is 0 Å². The summed E-state index contributed by atoms with van der Waals surface area (Å²) in [6.07, 6.45) is 15.8. The molecule has 0 radical (unpaired) electrons. The lowest BCUT2D eigenvalue weighted by Crippen LogP contribution is -2.27. The summed E-state index contributed by atoms with van der Waals surface area (Å²) < 4.78 is 5.31. The molecule has 1 saturated carbocycles. The van der Waals surface area contributed by atoms with Crippen LogP contribution in [0.2, 0.25) is 0 Å². The van der Waals surface area contributed by atoms with E-state index in [1.807, 2.05) is 13.8 Å². The van der Waals surface area contributed by atoms with Crippen molar-refractivity contribution in [2.24, 2.45) is 0 Å². The van der Waals surface area contributed by atoms with Gasteiger partial charge in [-0.15, -0.1) is 0 Å². The summed E-state index contributed by atoms with van der Waals surface area (Å²) in [5, 5.41) is 15.4. The molecular weight excluding hydrogens is 274 g/mol. The highest BCUT2D eigenvalue weighted by Gasteiger charge is 2.34. The van der Waals surface area contributed by atoms with E-state index in [1.54, 1.807) is 0 Å². The zero-order valence-corrected chi connectivity index (χ0v) is 14.5. The molecular formula is C19H33NO2. The van der Waals surface area contributed by atoms with Crippen LogP contribution in [-0.4, -0.2) is 10.3 Å². The number of aryl methyl sites for hydroxylation is 2.